The highest BCUT2D eigenvalue weighted by Crippen LogP contribution is 2.39. The van der Waals surface area contributed by atoms with Gasteiger partial charge in [-0.15, -0.1) is 0 Å². The summed E-state index contributed by atoms with van der Waals surface area (Å²) >= 11 is 0. The Bertz CT molecular complexity index is 1450. The Kier molecular flexibility index (Phi) is 11.1. The lowest BCUT2D eigenvalue weighted by molar-refractivity contribution is -0.253. The fourth-order valence-electron chi connectivity index (χ4n) is 6.15. The minimum absolute atomic E-state index is 0.0152. The van der Waals surface area contributed by atoms with Crippen molar-refractivity contribution in [3.05, 3.63) is 95.1 Å². The topological polar surface area (TPSA) is 109 Å². The van der Waals surface area contributed by atoms with Crippen LogP contribution in [0.3, 0.4) is 0 Å². The fourth-order valence-corrected chi connectivity index (χ4v) is 6.15. The number of rotatable bonds is 10. The molecule has 4 unspecified atom stereocenters. The molecule has 246 valence electrons. The maximum atomic E-state index is 13.0. The molecule has 2 saturated heterocycles. The van der Waals surface area contributed by atoms with Gasteiger partial charge in [-0.05, 0) is 74.9 Å². The van der Waals surface area contributed by atoms with Crippen molar-refractivity contribution >= 4 is 12.0 Å². The molecule has 3 N–H and O–H groups in total. The van der Waals surface area contributed by atoms with E-state index in [-0.39, 0.29) is 36.9 Å². The van der Waals surface area contributed by atoms with Crippen molar-refractivity contribution < 1.29 is 28.9 Å². The van der Waals surface area contributed by atoms with Crippen molar-refractivity contribution in [2.75, 3.05) is 19.6 Å². The van der Waals surface area contributed by atoms with E-state index in [1.807, 2.05) is 82.3 Å². The molecule has 5 rings (SSSR count). The van der Waals surface area contributed by atoms with Gasteiger partial charge in [-0.25, -0.2) is 4.79 Å². The number of amides is 2. The quantitative estimate of drug-likeness (QED) is 0.236. The number of urea groups is 1. The first kappa shape index (κ1) is 33.6. The maximum absolute atomic E-state index is 13.0. The maximum Gasteiger partial charge on any atom is 0.323 e. The van der Waals surface area contributed by atoms with Crippen LogP contribution in [0.25, 0.3) is 11.1 Å². The molecule has 0 bridgehead atoms. The Labute approximate surface area is 272 Å². The molecule has 0 radical (unpaired) electrons. The Morgan fingerprint density at radius 2 is 1.67 bits per heavy atom. The van der Waals surface area contributed by atoms with Crippen LogP contribution in [0.4, 0.5) is 4.79 Å². The van der Waals surface area contributed by atoms with Gasteiger partial charge in [0.25, 0.3) is 0 Å². The van der Waals surface area contributed by atoms with E-state index in [0.29, 0.717) is 26.1 Å². The molecule has 9 nitrogen and oxygen atoms in total. The van der Waals surface area contributed by atoms with Crippen molar-refractivity contribution in [2.45, 2.75) is 90.2 Å². The lowest BCUT2D eigenvalue weighted by Crippen LogP contribution is -2.45. The summed E-state index contributed by atoms with van der Waals surface area (Å²) in [5, 5.41) is 15.2. The molecule has 2 fully saturated rings. The predicted octanol–water partition coefficient (Wildman–Crippen LogP) is 6.02. The molecular weight excluding hydrogens is 582 g/mol. The molecule has 46 heavy (non-hydrogen) atoms. The van der Waals surface area contributed by atoms with Crippen LogP contribution in [-0.2, 0) is 32.2 Å². The van der Waals surface area contributed by atoms with Gasteiger partial charge in [0.2, 0.25) is 0 Å². The van der Waals surface area contributed by atoms with E-state index in [1.54, 1.807) is 0 Å². The number of aliphatic hydroxyl groups is 1. The molecule has 2 heterocycles. The van der Waals surface area contributed by atoms with E-state index in [1.165, 1.54) is 0 Å². The van der Waals surface area contributed by atoms with E-state index < -0.39 is 11.9 Å². The number of carbonyl (C=O) groups is 2. The molecule has 2 aliphatic heterocycles. The number of nitrogens with zero attached hydrogens (tertiary/aromatic N) is 1. The normalized spacial score (nSPS) is 21.9. The first-order valence-electron chi connectivity index (χ1n) is 16.3. The smallest absolute Gasteiger partial charge is 0.323 e. The zero-order valence-corrected chi connectivity index (χ0v) is 27.3. The van der Waals surface area contributed by atoms with E-state index in [9.17, 15) is 14.7 Å². The summed E-state index contributed by atoms with van der Waals surface area (Å²) in [4.78, 5) is 27.2. The van der Waals surface area contributed by atoms with E-state index in [2.05, 4.69) is 33.7 Å². The average Bonchev–Trinajstić information content (AvgIpc) is 3.51. The Hall–Kier alpha value is -3.76. The van der Waals surface area contributed by atoms with Gasteiger partial charge in [-0.2, -0.15) is 0 Å². The van der Waals surface area contributed by atoms with Crippen molar-refractivity contribution in [2.24, 2.45) is 0 Å². The molecule has 9 heteroatoms. The fraction of sp³-hybridized carbons (Fsp3) is 0.459. The number of aliphatic hydroxyl groups excluding tert-OH is 1. The number of nitrogens with one attached hydrogen (secondary N) is 2. The third kappa shape index (κ3) is 8.73. The molecule has 3 aromatic rings. The molecule has 0 saturated carbocycles. The molecule has 4 atom stereocenters. The number of hydrogen-bond donors (Lipinski definition) is 3. The van der Waals surface area contributed by atoms with Crippen molar-refractivity contribution in [1.82, 2.24) is 15.5 Å². The van der Waals surface area contributed by atoms with Crippen molar-refractivity contribution in [3.8, 4) is 11.1 Å². The largest absolute Gasteiger partial charge is 0.459 e. The van der Waals surface area contributed by atoms with Crippen molar-refractivity contribution in [1.29, 1.82) is 0 Å². The number of esters is 1. The molecule has 0 aromatic heterocycles. The number of carbonyl (C=O) groups excluding carboxylic acids is 2. The highest BCUT2D eigenvalue weighted by molar-refractivity contribution is 5.76. The highest BCUT2D eigenvalue weighted by atomic mass is 16.7. The minimum Gasteiger partial charge on any atom is -0.459 e. The number of hydrogen-bond acceptors (Lipinski definition) is 7. The summed E-state index contributed by atoms with van der Waals surface area (Å²) in [5.74, 6) is -0.179. The lowest BCUT2D eigenvalue weighted by Gasteiger charge is -2.38. The SMILES string of the molecule is CCNC(=O)NCc1ccccc1-c1ccc(C2OC(CN3CCCC3C(=O)OC(C)(C)C)CC(c3ccc(CO)cc3)O2)cc1. The van der Waals surface area contributed by atoms with Crippen LogP contribution in [0.15, 0.2) is 72.8 Å². The van der Waals surface area contributed by atoms with Gasteiger partial charge < -0.3 is 30.0 Å². The second kappa shape index (κ2) is 15.2. The first-order chi connectivity index (χ1) is 22.1. The van der Waals surface area contributed by atoms with Gasteiger partial charge in [0.1, 0.15) is 11.6 Å². The zero-order chi connectivity index (χ0) is 32.7. The van der Waals surface area contributed by atoms with Crippen LogP contribution < -0.4 is 10.6 Å². The molecule has 2 aliphatic rings. The summed E-state index contributed by atoms with van der Waals surface area (Å²) in [6, 6.07) is 23.6. The minimum atomic E-state index is -0.604. The number of ether oxygens (including phenoxy) is 3. The Morgan fingerprint density at radius 3 is 2.37 bits per heavy atom. The van der Waals surface area contributed by atoms with E-state index in [4.69, 9.17) is 14.2 Å². The van der Waals surface area contributed by atoms with Crippen molar-refractivity contribution in [3.63, 3.8) is 0 Å². The molecule has 2 amide bonds. The average molecular weight is 630 g/mol. The summed E-state index contributed by atoms with van der Waals surface area (Å²) in [5.41, 5.74) is 5.31. The standard InChI is InChI=1S/C37H47N3O6/c1-5-38-36(43)39-22-29-9-6-7-10-31(29)26-16-18-28(19-17-26)35-44-30(21-33(45-35)27-14-12-25(24-41)13-15-27)23-40-20-8-11-32(40)34(42)46-37(2,3)4/h6-7,9-10,12-19,30,32-33,35,41H,5,8,11,20-24H2,1-4H3,(H2,38,39,43). The second-order valence-corrected chi connectivity index (χ2v) is 13.0. The van der Waals surface area contributed by atoms with Gasteiger partial charge in [-0.3, -0.25) is 9.69 Å². The number of likely N-dealkylation sites (tertiary alicyclic amines) is 1. The zero-order valence-electron chi connectivity index (χ0n) is 27.3. The molecular formula is C37H47N3O6. The van der Waals surface area contributed by atoms with E-state index in [0.717, 1.165) is 52.8 Å². The summed E-state index contributed by atoms with van der Waals surface area (Å²) in [7, 11) is 0. The first-order valence-corrected chi connectivity index (χ1v) is 16.3. The third-order valence-corrected chi connectivity index (χ3v) is 8.38. The van der Waals surface area contributed by atoms with Gasteiger partial charge in [-0.1, -0.05) is 72.8 Å². The van der Waals surface area contributed by atoms with Crippen LogP contribution in [0, 0.1) is 0 Å². The highest BCUT2D eigenvalue weighted by Gasteiger charge is 2.39. The van der Waals surface area contributed by atoms with Gasteiger partial charge in [0.05, 0.1) is 18.8 Å². The predicted molar refractivity (Wildman–Crippen MR) is 177 cm³/mol. The number of benzene rings is 3. The molecule has 0 spiro atoms. The van der Waals surface area contributed by atoms with E-state index >= 15 is 0 Å². The monoisotopic (exact) mass is 629 g/mol. The van der Waals surface area contributed by atoms with Crippen LogP contribution in [0.1, 0.15) is 81.6 Å². The summed E-state index contributed by atoms with van der Waals surface area (Å²) in [6.45, 7) is 9.96. The second-order valence-electron chi connectivity index (χ2n) is 13.0. The third-order valence-electron chi connectivity index (χ3n) is 8.38. The summed E-state index contributed by atoms with van der Waals surface area (Å²) in [6.07, 6.45) is 1.34. The Morgan fingerprint density at radius 1 is 0.957 bits per heavy atom. The van der Waals surface area contributed by atoms with Gasteiger partial charge in [0, 0.05) is 31.6 Å². The molecule has 0 aliphatic carbocycles. The van der Waals surface area contributed by atoms with Crippen LogP contribution in [-0.4, -0.2) is 59.4 Å². The van der Waals surface area contributed by atoms with Gasteiger partial charge in [0.15, 0.2) is 6.29 Å². The Balaban J connectivity index is 1.35. The van der Waals surface area contributed by atoms with Crippen LogP contribution >= 0.6 is 0 Å². The van der Waals surface area contributed by atoms with Gasteiger partial charge >= 0.3 is 12.0 Å². The molecule has 3 aromatic carbocycles. The lowest BCUT2D eigenvalue weighted by atomic mass is 9.97. The van der Waals surface area contributed by atoms with Crippen LogP contribution in [0.2, 0.25) is 0 Å². The van der Waals surface area contributed by atoms with Crippen LogP contribution in [0.5, 0.6) is 0 Å². The summed E-state index contributed by atoms with van der Waals surface area (Å²) < 4.78 is 18.9.